The largest absolute Gasteiger partial charge is 0.448 e. The summed E-state index contributed by atoms with van der Waals surface area (Å²) in [6.45, 7) is 6.28. The van der Waals surface area contributed by atoms with Gasteiger partial charge in [0.15, 0.2) is 0 Å². The lowest BCUT2D eigenvalue weighted by atomic mass is 10.0. The number of nitrogens with two attached hydrogens (primary N) is 1. The maximum absolute atomic E-state index is 13.4. The number of urea groups is 1. The number of imide groups is 1. The van der Waals surface area contributed by atoms with Gasteiger partial charge in [-0.1, -0.05) is 26.0 Å². The van der Waals surface area contributed by atoms with Gasteiger partial charge >= 0.3 is 18.2 Å². The van der Waals surface area contributed by atoms with Gasteiger partial charge in [0.1, 0.15) is 25.0 Å². The van der Waals surface area contributed by atoms with Crippen molar-refractivity contribution in [3.63, 3.8) is 0 Å². The highest BCUT2D eigenvalue weighted by Gasteiger charge is 2.28. The molecule has 0 radical (unpaired) electrons. The van der Waals surface area contributed by atoms with Crippen LogP contribution < -0.4 is 37.6 Å². The number of Topliss-reactive ketones (excluding diaryl/α,β-unsaturated/α-hetero) is 1. The zero-order valence-electron chi connectivity index (χ0n) is 34.3. The Morgan fingerprint density at radius 3 is 2.12 bits per heavy atom. The summed E-state index contributed by atoms with van der Waals surface area (Å²) in [6.07, 6.45) is 1.52. The van der Waals surface area contributed by atoms with Crippen LogP contribution in [0.15, 0.2) is 36.4 Å². The van der Waals surface area contributed by atoms with E-state index in [9.17, 15) is 43.2 Å². The summed E-state index contributed by atoms with van der Waals surface area (Å²) in [5.41, 5.74) is 6.24. The average molecular weight is 831 g/mol. The normalized spacial score (nSPS) is 13.0. The number of benzene rings is 1. The van der Waals surface area contributed by atoms with Gasteiger partial charge in [-0.3, -0.25) is 33.7 Å². The molecule has 21 nitrogen and oxygen atoms in total. The number of hydrogen-bond acceptors (Lipinski definition) is 13. The van der Waals surface area contributed by atoms with E-state index in [0.717, 1.165) is 17.1 Å². The number of carbonyl (C=O) groups is 9. The van der Waals surface area contributed by atoms with Crippen molar-refractivity contribution in [3.8, 4) is 0 Å². The van der Waals surface area contributed by atoms with Crippen molar-refractivity contribution in [2.24, 2.45) is 11.7 Å². The van der Waals surface area contributed by atoms with Gasteiger partial charge in [0.2, 0.25) is 17.7 Å². The Bertz CT molecular complexity index is 1640. The van der Waals surface area contributed by atoms with E-state index in [2.05, 4.69) is 31.9 Å². The highest BCUT2D eigenvalue weighted by Crippen LogP contribution is 2.13. The van der Waals surface area contributed by atoms with Gasteiger partial charge in [0.25, 0.3) is 11.8 Å². The quantitative estimate of drug-likeness (QED) is 0.0455. The molecule has 2 atom stereocenters. The number of likely N-dealkylation sites (N-methyl/N-ethyl adjacent to an activating group) is 2. The first kappa shape index (κ1) is 49.1. The Morgan fingerprint density at radius 2 is 1.49 bits per heavy atom. The standard InChI is InChI=1S/C38H58N10O11/c1-25(2)33(41-16-17-43-37(56)58-22-18-40-23-29(50)14-19-48-31(51)12-13-32(48)52)35(54)45-30(7-6-15-42-36(39)55)34(53)44-28-10-8-27(9-11-28)24-59-38(57)47(5)21-20-46(4)26(3)49/h8-13,25,30,33,40-41H,6-7,14-24H2,1-5H3,(H,43,56)(H,44,53)(H,45,54)(H3,39,42,55)/t30-,33-/m0/s1. The van der Waals surface area contributed by atoms with Gasteiger partial charge in [-0.25, -0.2) is 14.4 Å². The van der Waals surface area contributed by atoms with E-state index in [-0.39, 0.29) is 82.9 Å². The molecule has 0 fully saturated rings. The van der Waals surface area contributed by atoms with Crippen LogP contribution in [0, 0.1) is 5.92 Å². The van der Waals surface area contributed by atoms with Gasteiger partial charge in [-0.05, 0) is 36.5 Å². The predicted molar refractivity (Wildman–Crippen MR) is 214 cm³/mol. The molecule has 0 spiro atoms. The summed E-state index contributed by atoms with van der Waals surface area (Å²) in [4.78, 5) is 113. The number of nitrogens with zero attached hydrogens (tertiary/aromatic N) is 3. The van der Waals surface area contributed by atoms with Crippen molar-refractivity contribution in [3.05, 3.63) is 42.0 Å². The van der Waals surface area contributed by atoms with E-state index in [4.69, 9.17) is 15.2 Å². The molecule has 21 heteroatoms. The SMILES string of the molecule is CC(=O)N(C)CCN(C)C(=O)OCc1ccc(NC(=O)[C@H](CCCNC(N)=O)NC(=O)[C@@H](NCCNC(=O)OCCNCC(=O)CCN2C(=O)C=CC2=O)C(C)C)cc1. The monoisotopic (exact) mass is 830 g/mol. The molecule has 0 bridgehead atoms. The van der Waals surface area contributed by atoms with Crippen molar-refractivity contribution in [2.45, 2.75) is 58.7 Å². The molecule has 1 aromatic carbocycles. The number of rotatable bonds is 26. The number of nitrogens with one attached hydrogen (secondary N) is 6. The molecule has 326 valence electrons. The van der Waals surface area contributed by atoms with Crippen LogP contribution >= 0.6 is 0 Å². The Morgan fingerprint density at radius 1 is 0.831 bits per heavy atom. The number of ketones is 1. The molecule has 0 aromatic heterocycles. The van der Waals surface area contributed by atoms with E-state index in [1.807, 2.05) is 13.8 Å². The topological polar surface area (TPSA) is 280 Å². The molecule has 59 heavy (non-hydrogen) atoms. The molecular weight excluding hydrogens is 772 g/mol. The van der Waals surface area contributed by atoms with Crippen molar-refractivity contribution < 1.29 is 52.6 Å². The average Bonchev–Trinajstić information content (AvgIpc) is 3.51. The second kappa shape index (κ2) is 26.0. The van der Waals surface area contributed by atoms with Gasteiger partial charge in [-0.15, -0.1) is 0 Å². The fourth-order valence-corrected chi connectivity index (χ4v) is 5.26. The van der Waals surface area contributed by atoms with Crippen LogP contribution in [0.25, 0.3) is 0 Å². The third-order valence-corrected chi connectivity index (χ3v) is 8.86. The molecule has 1 heterocycles. The van der Waals surface area contributed by atoms with E-state index >= 15 is 0 Å². The van der Waals surface area contributed by atoms with Crippen molar-refractivity contribution >= 4 is 59.2 Å². The van der Waals surface area contributed by atoms with Gasteiger partial charge in [0.05, 0.1) is 12.6 Å². The Balaban J connectivity index is 1.81. The minimum absolute atomic E-state index is 0.000473. The third-order valence-electron chi connectivity index (χ3n) is 8.86. The van der Waals surface area contributed by atoms with Crippen LogP contribution in [0.3, 0.4) is 0 Å². The summed E-state index contributed by atoms with van der Waals surface area (Å²) >= 11 is 0. The number of hydrogen-bond donors (Lipinski definition) is 7. The highest BCUT2D eigenvalue weighted by atomic mass is 16.6. The minimum Gasteiger partial charge on any atom is -0.448 e. The van der Waals surface area contributed by atoms with Gasteiger partial charge in [0, 0.05) is 91.1 Å². The second-order valence-corrected chi connectivity index (χ2v) is 14.0. The van der Waals surface area contributed by atoms with Crippen molar-refractivity contribution in [2.75, 3.05) is 78.4 Å². The number of amides is 9. The molecular formula is C38H58N10O11. The van der Waals surface area contributed by atoms with Gasteiger partial charge < -0.3 is 56.9 Å². The van der Waals surface area contributed by atoms with Crippen LogP contribution in [0.2, 0.25) is 0 Å². The molecule has 2 rings (SSSR count). The summed E-state index contributed by atoms with van der Waals surface area (Å²) < 4.78 is 10.4. The van der Waals surface area contributed by atoms with Crippen LogP contribution in [-0.4, -0.2) is 153 Å². The van der Waals surface area contributed by atoms with Crippen molar-refractivity contribution in [1.82, 2.24) is 41.3 Å². The molecule has 1 aliphatic heterocycles. The van der Waals surface area contributed by atoms with Crippen molar-refractivity contribution in [1.29, 1.82) is 0 Å². The first-order valence-electron chi connectivity index (χ1n) is 19.2. The molecule has 0 unspecified atom stereocenters. The van der Waals surface area contributed by atoms with Crippen LogP contribution in [0.4, 0.5) is 20.1 Å². The lowest BCUT2D eigenvalue weighted by Gasteiger charge is -2.25. The summed E-state index contributed by atoms with van der Waals surface area (Å²) in [5.74, 6) is -2.43. The smallest absolute Gasteiger partial charge is 0.409 e. The maximum Gasteiger partial charge on any atom is 0.409 e. The van der Waals surface area contributed by atoms with E-state index < -0.39 is 53.9 Å². The van der Waals surface area contributed by atoms with E-state index in [1.54, 1.807) is 38.4 Å². The number of ether oxygens (including phenoxy) is 2. The second-order valence-electron chi connectivity index (χ2n) is 14.0. The van der Waals surface area contributed by atoms with E-state index in [1.165, 1.54) is 16.7 Å². The number of primary amides is 1. The third kappa shape index (κ3) is 19.3. The number of carbonyl (C=O) groups excluding carboxylic acids is 9. The first-order valence-corrected chi connectivity index (χ1v) is 19.2. The Hall–Kier alpha value is -6.09. The summed E-state index contributed by atoms with van der Waals surface area (Å²) in [5, 5.41) is 16.5. The fourth-order valence-electron chi connectivity index (χ4n) is 5.26. The predicted octanol–water partition coefficient (Wildman–Crippen LogP) is -0.581. The minimum atomic E-state index is -0.994. The van der Waals surface area contributed by atoms with Crippen LogP contribution in [-0.2, 0) is 44.8 Å². The van der Waals surface area contributed by atoms with E-state index in [0.29, 0.717) is 30.8 Å². The molecule has 0 saturated carbocycles. The maximum atomic E-state index is 13.4. The zero-order chi connectivity index (χ0) is 43.9. The van der Waals surface area contributed by atoms with Crippen LogP contribution in [0.5, 0.6) is 0 Å². The zero-order valence-corrected chi connectivity index (χ0v) is 34.3. The molecule has 0 aliphatic carbocycles. The molecule has 0 saturated heterocycles. The Kier molecular flexibility index (Phi) is 21.6. The molecule has 9 amide bonds. The lowest BCUT2D eigenvalue weighted by molar-refractivity contribution is -0.137. The Labute approximate surface area is 343 Å². The molecule has 1 aromatic rings. The molecule has 1 aliphatic rings. The lowest BCUT2D eigenvalue weighted by Crippen LogP contribution is -2.54. The van der Waals surface area contributed by atoms with Crippen LogP contribution in [0.1, 0.15) is 45.6 Å². The van der Waals surface area contributed by atoms with Gasteiger partial charge in [-0.2, -0.15) is 0 Å². The highest BCUT2D eigenvalue weighted by molar-refractivity contribution is 6.13. The molecule has 8 N–H and O–H groups in total. The number of alkyl carbamates (subject to hydrolysis) is 1. The number of anilines is 1. The summed E-state index contributed by atoms with van der Waals surface area (Å²) in [6, 6.07) is 4.13. The first-order chi connectivity index (χ1) is 28.0. The fraction of sp³-hybridized carbons (Fsp3) is 0.553. The summed E-state index contributed by atoms with van der Waals surface area (Å²) in [7, 11) is 3.20.